The number of aromatic nitrogens is 3. The number of anilines is 1. The summed E-state index contributed by atoms with van der Waals surface area (Å²) in [5.41, 5.74) is 3.07. The Morgan fingerprint density at radius 3 is 2.84 bits per heavy atom. The van der Waals surface area contributed by atoms with Gasteiger partial charge in [0.2, 0.25) is 5.91 Å². The Morgan fingerprint density at radius 2 is 2.19 bits per heavy atom. The zero-order chi connectivity index (χ0) is 21.8. The van der Waals surface area contributed by atoms with Crippen LogP contribution in [0, 0.1) is 5.92 Å². The van der Waals surface area contributed by atoms with E-state index in [1.54, 1.807) is 25.7 Å². The van der Waals surface area contributed by atoms with E-state index in [-0.39, 0.29) is 11.9 Å². The number of hydrogen-bond donors (Lipinski definition) is 1. The number of carbonyl (C=O) groups is 1. The van der Waals surface area contributed by atoms with E-state index >= 15 is 0 Å². The molecule has 0 radical (unpaired) electrons. The average molecular weight is 424 g/mol. The Kier molecular flexibility index (Phi) is 6.41. The van der Waals surface area contributed by atoms with Gasteiger partial charge in [-0.15, -0.1) is 0 Å². The van der Waals surface area contributed by atoms with E-state index in [9.17, 15) is 4.79 Å². The molecule has 0 aromatic carbocycles. The fraction of sp³-hybridized carbons (Fsp3) is 0.500. The molecule has 9 nitrogen and oxygen atoms in total. The van der Waals surface area contributed by atoms with Crippen LogP contribution in [0.1, 0.15) is 25.6 Å². The molecule has 2 aliphatic rings. The predicted octanol–water partition coefficient (Wildman–Crippen LogP) is 2.24. The second kappa shape index (κ2) is 9.38. The second-order valence-corrected chi connectivity index (χ2v) is 7.76. The number of nitrogens with zero attached hydrogens (tertiary/aromatic N) is 6. The minimum Gasteiger partial charge on any atom is -0.378 e. The van der Waals surface area contributed by atoms with Gasteiger partial charge in [0.1, 0.15) is 17.4 Å². The van der Waals surface area contributed by atoms with Crippen LogP contribution in [0.25, 0.3) is 16.7 Å². The molecule has 1 N–H and O–H groups in total. The van der Waals surface area contributed by atoms with Crippen molar-refractivity contribution in [2.45, 2.75) is 32.4 Å². The number of amides is 1. The smallest absolute Gasteiger partial charge is 0.245 e. The first-order valence-electron chi connectivity index (χ1n) is 10.7. The fourth-order valence-electron chi connectivity index (χ4n) is 4.00. The van der Waals surface area contributed by atoms with Gasteiger partial charge in [-0.25, -0.2) is 9.97 Å². The maximum Gasteiger partial charge on any atom is 0.245 e. The first-order chi connectivity index (χ1) is 15.2. The quantitative estimate of drug-likeness (QED) is 0.657. The van der Waals surface area contributed by atoms with Gasteiger partial charge in [0.25, 0.3) is 0 Å². The highest BCUT2D eigenvalue weighted by atomic mass is 16.5. The van der Waals surface area contributed by atoms with Gasteiger partial charge in [0, 0.05) is 45.3 Å². The third-order valence-corrected chi connectivity index (χ3v) is 5.70. The molecule has 9 heteroatoms. The molecule has 1 saturated heterocycles. The molecule has 3 heterocycles. The van der Waals surface area contributed by atoms with Gasteiger partial charge in [-0.05, 0) is 38.5 Å². The van der Waals surface area contributed by atoms with Crippen molar-refractivity contribution in [3.05, 3.63) is 24.3 Å². The van der Waals surface area contributed by atoms with Gasteiger partial charge in [-0.3, -0.25) is 14.8 Å². The van der Waals surface area contributed by atoms with Gasteiger partial charge < -0.3 is 19.5 Å². The first kappa shape index (κ1) is 21.2. The van der Waals surface area contributed by atoms with Gasteiger partial charge in [0.05, 0.1) is 24.5 Å². The Labute approximate surface area is 181 Å². The Morgan fingerprint density at radius 1 is 1.42 bits per heavy atom. The molecular weight excluding hydrogens is 394 g/mol. The molecular formula is C22H29N7O2. The number of allylic oxidation sites excluding steroid dienone is 1. The standard InChI is InChI=1S/C22H29N7O2/c1-4-29-20(16(13-23-2)14-24-3)27-19-17(7-8-25-21(19)29)26-18(15-5-6-15)22(30)28-9-11-31-12-10-28/h7-8,13-15,18H,2,4-6,9-12H2,1,3H3,(H,25,26)/b16-13+,24-14-. The van der Waals surface area contributed by atoms with Crippen LogP contribution in [0.15, 0.2) is 28.4 Å². The molecule has 4 rings (SSSR count). The Balaban J connectivity index is 1.71. The number of imidazole rings is 1. The molecule has 164 valence electrons. The average Bonchev–Trinajstić information content (AvgIpc) is 3.57. The van der Waals surface area contributed by atoms with Crippen LogP contribution in [0.3, 0.4) is 0 Å². The maximum atomic E-state index is 13.2. The normalized spacial score (nSPS) is 18.5. The van der Waals surface area contributed by atoms with E-state index in [4.69, 9.17) is 9.72 Å². The molecule has 1 aliphatic carbocycles. The van der Waals surface area contributed by atoms with Crippen LogP contribution >= 0.6 is 0 Å². The summed E-state index contributed by atoms with van der Waals surface area (Å²) in [6.45, 7) is 8.77. The van der Waals surface area contributed by atoms with Crippen molar-refractivity contribution in [1.82, 2.24) is 19.4 Å². The highest BCUT2D eigenvalue weighted by Gasteiger charge is 2.39. The number of pyridine rings is 1. The number of rotatable bonds is 8. The van der Waals surface area contributed by atoms with E-state index in [1.807, 2.05) is 22.5 Å². The summed E-state index contributed by atoms with van der Waals surface area (Å²) in [6, 6.07) is 1.63. The Bertz CT molecular complexity index is 1020. The monoisotopic (exact) mass is 423 g/mol. The van der Waals surface area contributed by atoms with Crippen LogP contribution in [0.4, 0.5) is 5.69 Å². The third-order valence-electron chi connectivity index (χ3n) is 5.70. The van der Waals surface area contributed by atoms with Crippen LogP contribution < -0.4 is 5.32 Å². The van der Waals surface area contributed by atoms with E-state index in [0.717, 1.165) is 41.1 Å². The number of aliphatic imine (C=N–C) groups is 2. The predicted molar refractivity (Wildman–Crippen MR) is 123 cm³/mol. The summed E-state index contributed by atoms with van der Waals surface area (Å²) in [7, 11) is 1.71. The van der Waals surface area contributed by atoms with E-state index in [0.29, 0.717) is 38.8 Å². The lowest BCUT2D eigenvalue weighted by molar-refractivity contribution is -0.136. The first-order valence-corrected chi connectivity index (χ1v) is 10.7. The van der Waals surface area contributed by atoms with Crippen molar-refractivity contribution in [3.8, 4) is 0 Å². The van der Waals surface area contributed by atoms with Crippen molar-refractivity contribution in [2.75, 3.05) is 38.7 Å². The van der Waals surface area contributed by atoms with Crippen molar-refractivity contribution in [2.24, 2.45) is 15.9 Å². The van der Waals surface area contributed by atoms with Crippen molar-refractivity contribution in [3.63, 3.8) is 0 Å². The molecule has 0 bridgehead atoms. The van der Waals surface area contributed by atoms with Crippen LogP contribution in [0.2, 0.25) is 0 Å². The molecule has 1 saturated carbocycles. The topological polar surface area (TPSA) is 97.0 Å². The molecule has 1 atom stereocenters. The zero-order valence-corrected chi connectivity index (χ0v) is 18.1. The number of ether oxygens (including phenoxy) is 1. The summed E-state index contributed by atoms with van der Waals surface area (Å²) in [6.07, 6.45) is 7.23. The van der Waals surface area contributed by atoms with E-state index < -0.39 is 0 Å². The number of carbonyl (C=O) groups excluding carboxylic acids is 1. The molecule has 2 aromatic heterocycles. The number of aryl methyl sites for hydroxylation is 1. The summed E-state index contributed by atoms with van der Waals surface area (Å²) >= 11 is 0. The lowest BCUT2D eigenvalue weighted by Crippen LogP contribution is -2.48. The van der Waals surface area contributed by atoms with Gasteiger partial charge in [-0.2, -0.15) is 0 Å². The number of morpholine rings is 1. The highest BCUT2D eigenvalue weighted by molar-refractivity contribution is 6.09. The largest absolute Gasteiger partial charge is 0.378 e. The van der Waals surface area contributed by atoms with E-state index in [1.165, 1.54) is 0 Å². The minimum absolute atomic E-state index is 0.139. The number of nitrogens with one attached hydrogen (secondary N) is 1. The van der Waals surface area contributed by atoms with Gasteiger partial charge in [-0.1, -0.05) is 0 Å². The third kappa shape index (κ3) is 4.36. The van der Waals surface area contributed by atoms with Crippen molar-refractivity contribution < 1.29 is 9.53 Å². The summed E-state index contributed by atoms with van der Waals surface area (Å²) in [5, 5.41) is 3.51. The summed E-state index contributed by atoms with van der Waals surface area (Å²) in [5.74, 6) is 1.21. The van der Waals surface area contributed by atoms with Crippen LogP contribution in [-0.4, -0.2) is 77.7 Å². The Hall–Kier alpha value is -3.07. The van der Waals surface area contributed by atoms with Crippen LogP contribution in [-0.2, 0) is 16.1 Å². The lowest BCUT2D eigenvalue weighted by Gasteiger charge is -2.31. The molecule has 0 spiro atoms. The van der Waals surface area contributed by atoms with Crippen molar-refractivity contribution in [1.29, 1.82) is 0 Å². The second-order valence-electron chi connectivity index (χ2n) is 7.76. The molecule has 2 fully saturated rings. The molecule has 1 unspecified atom stereocenters. The fourth-order valence-corrected chi connectivity index (χ4v) is 4.00. The molecule has 1 aliphatic heterocycles. The van der Waals surface area contributed by atoms with Crippen LogP contribution in [0.5, 0.6) is 0 Å². The minimum atomic E-state index is -0.263. The molecule has 2 aromatic rings. The number of fused-ring (bicyclic) bond motifs is 1. The van der Waals surface area contributed by atoms with E-state index in [2.05, 4.69) is 27.0 Å². The molecule has 31 heavy (non-hydrogen) atoms. The van der Waals surface area contributed by atoms with Gasteiger partial charge >= 0.3 is 0 Å². The summed E-state index contributed by atoms with van der Waals surface area (Å²) < 4.78 is 7.43. The van der Waals surface area contributed by atoms with Crippen molar-refractivity contribution >= 4 is 41.3 Å². The molecule has 1 amide bonds. The summed E-state index contributed by atoms with van der Waals surface area (Å²) in [4.78, 5) is 32.6. The lowest BCUT2D eigenvalue weighted by atomic mass is 10.1. The van der Waals surface area contributed by atoms with Gasteiger partial charge in [0.15, 0.2) is 5.65 Å². The number of hydrogen-bond acceptors (Lipinski definition) is 7. The zero-order valence-electron chi connectivity index (χ0n) is 18.1. The highest BCUT2D eigenvalue weighted by Crippen LogP contribution is 2.36. The maximum absolute atomic E-state index is 13.2. The SMILES string of the molecule is C=N/C=C(\C=N/C)c1nc2c(NC(C(=O)N3CCOCC3)C3CC3)ccnc2n1CC.